The zero-order valence-corrected chi connectivity index (χ0v) is 12.1. The fourth-order valence-electron chi connectivity index (χ4n) is 1.67. The van der Waals surface area contributed by atoms with Crippen molar-refractivity contribution >= 4 is 15.7 Å². The largest absolute Gasteiger partial charge is 0.493 e. The van der Waals surface area contributed by atoms with Gasteiger partial charge in [0.25, 0.3) is 0 Å². The lowest BCUT2D eigenvalue weighted by atomic mass is 10.2. The topological polar surface area (TPSA) is 113 Å². The second-order valence-electron chi connectivity index (χ2n) is 4.50. The molecule has 9 heteroatoms. The van der Waals surface area contributed by atoms with Crippen molar-refractivity contribution in [3.05, 3.63) is 34.1 Å². The first-order chi connectivity index (χ1) is 9.79. The number of ether oxygens (including phenoxy) is 1. The van der Waals surface area contributed by atoms with Crippen molar-refractivity contribution in [2.45, 2.75) is 25.7 Å². The second kappa shape index (κ2) is 7.89. The van der Waals surface area contributed by atoms with Gasteiger partial charge in [-0.25, -0.2) is 13.6 Å². The molecule has 0 saturated heterocycles. The predicted octanol–water partition coefficient (Wildman–Crippen LogP) is 1.96. The van der Waals surface area contributed by atoms with Crippen LogP contribution in [0, 0.1) is 15.9 Å². The van der Waals surface area contributed by atoms with Gasteiger partial charge in [0.1, 0.15) is 5.75 Å². The number of primary sulfonamides is 1. The molecule has 1 aromatic rings. The van der Waals surface area contributed by atoms with Gasteiger partial charge in [0.15, 0.2) is 0 Å². The van der Waals surface area contributed by atoms with Crippen LogP contribution < -0.4 is 9.88 Å². The maximum absolute atomic E-state index is 13.3. The maximum atomic E-state index is 13.3. The number of rotatable bonds is 9. The molecular weight excluding hydrogens is 303 g/mol. The zero-order chi connectivity index (χ0) is 15.9. The minimum absolute atomic E-state index is 0.0403. The summed E-state index contributed by atoms with van der Waals surface area (Å²) in [6.07, 6.45) is 2.62. The van der Waals surface area contributed by atoms with E-state index in [2.05, 4.69) is 0 Å². The Kier molecular flexibility index (Phi) is 6.50. The van der Waals surface area contributed by atoms with Crippen LogP contribution in [0.5, 0.6) is 5.75 Å². The van der Waals surface area contributed by atoms with Crippen LogP contribution in [0.3, 0.4) is 0 Å². The lowest BCUT2D eigenvalue weighted by Gasteiger charge is -2.06. The number of unbranched alkanes of at least 4 members (excludes halogenated alkanes) is 3. The molecule has 0 amide bonds. The molecule has 0 spiro atoms. The van der Waals surface area contributed by atoms with Gasteiger partial charge < -0.3 is 4.74 Å². The Labute approximate surface area is 122 Å². The Bertz CT molecular complexity index is 591. The predicted molar refractivity (Wildman–Crippen MR) is 75.0 cm³/mol. The fourth-order valence-corrected chi connectivity index (χ4v) is 2.28. The van der Waals surface area contributed by atoms with Gasteiger partial charge in [-0.2, -0.15) is 4.39 Å². The van der Waals surface area contributed by atoms with Crippen LogP contribution in [0.1, 0.15) is 25.7 Å². The van der Waals surface area contributed by atoms with E-state index in [0.29, 0.717) is 25.9 Å². The number of hydrogen-bond acceptors (Lipinski definition) is 5. The Morgan fingerprint density at radius 3 is 2.48 bits per heavy atom. The molecule has 0 unspecified atom stereocenters. The molecular formula is C12H17FN2O5S. The van der Waals surface area contributed by atoms with Crippen molar-refractivity contribution in [2.75, 3.05) is 12.4 Å². The average Bonchev–Trinajstić information content (AvgIpc) is 2.36. The zero-order valence-electron chi connectivity index (χ0n) is 11.3. The SMILES string of the molecule is NS(=O)(=O)CCCCCCOc1ccc([N+](=O)[O-])c(F)c1. The van der Waals surface area contributed by atoms with E-state index in [0.717, 1.165) is 18.6 Å². The number of benzene rings is 1. The summed E-state index contributed by atoms with van der Waals surface area (Å²) in [4.78, 5) is 9.64. The molecule has 0 bridgehead atoms. The van der Waals surface area contributed by atoms with Gasteiger partial charge in [-0.1, -0.05) is 12.8 Å². The molecule has 0 aromatic heterocycles. The molecule has 2 N–H and O–H groups in total. The van der Waals surface area contributed by atoms with Crippen LogP contribution in [-0.2, 0) is 10.0 Å². The highest BCUT2D eigenvalue weighted by atomic mass is 32.2. The van der Waals surface area contributed by atoms with Gasteiger partial charge in [0, 0.05) is 12.1 Å². The highest BCUT2D eigenvalue weighted by Gasteiger charge is 2.14. The van der Waals surface area contributed by atoms with Crippen molar-refractivity contribution < 1.29 is 22.5 Å². The third kappa shape index (κ3) is 7.00. The van der Waals surface area contributed by atoms with Crippen LogP contribution in [0.15, 0.2) is 18.2 Å². The van der Waals surface area contributed by atoms with Crippen LogP contribution in [0.4, 0.5) is 10.1 Å². The number of nitro groups is 1. The Morgan fingerprint density at radius 2 is 1.90 bits per heavy atom. The summed E-state index contributed by atoms with van der Waals surface area (Å²) in [5.74, 6) is -0.755. The van der Waals surface area contributed by atoms with E-state index < -0.39 is 26.5 Å². The fraction of sp³-hybridized carbons (Fsp3) is 0.500. The van der Waals surface area contributed by atoms with Gasteiger partial charge in [0.2, 0.25) is 15.8 Å². The molecule has 0 aliphatic carbocycles. The molecule has 0 atom stereocenters. The molecule has 0 aliphatic rings. The van der Waals surface area contributed by atoms with E-state index >= 15 is 0 Å². The molecule has 0 fully saturated rings. The number of hydrogen-bond donors (Lipinski definition) is 1. The first-order valence-corrected chi connectivity index (χ1v) is 8.08. The first kappa shape index (κ1) is 17.3. The van der Waals surface area contributed by atoms with Crippen LogP contribution in [-0.4, -0.2) is 25.7 Å². The first-order valence-electron chi connectivity index (χ1n) is 6.37. The number of nitrogens with two attached hydrogens (primary N) is 1. The van der Waals surface area contributed by atoms with Crippen molar-refractivity contribution in [2.24, 2.45) is 5.14 Å². The van der Waals surface area contributed by atoms with E-state index in [9.17, 15) is 22.9 Å². The molecule has 1 aromatic carbocycles. The second-order valence-corrected chi connectivity index (χ2v) is 6.23. The molecule has 7 nitrogen and oxygen atoms in total. The van der Waals surface area contributed by atoms with E-state index in [4.69, 9.17) is 9.88 Å². The highest BCUT2D eigenvalue weighted by molar-refractivity contribution is 7.89. The Morgan fingerprint density at radius 1 is 1.24 bits per heavy atom. The molecule has 0 radical (unpaired) electrons. The summed E-state index contributed by atoms with van der Waals surface area (Å²) < 4.78 is 39.9. The number of nitrogens with zero attached hydrogens (tertiary/aromatic N) is 1. The quantitative estimate of drug-likeness (QED) is 0.424. The third-order valence-electron chi connectivity index (χ3n) is 2.71. The average molecular weight is 320 g/mol. The normalized spacial score (nSPS) is 11.3. The lowest BCUT2D eigenvalue weighted by molar-refractivity contribution is -0.387. The Balaban J connectivity index is 2.24. The van der Waals surface area contributed by atoms with E-state index in [1.807, 2.05) is 0 Å². The van der Waals surface area contributed by atoms with Crippen LogP contribution in [0.2, 0.25) is 0 Å². The van der Waals surface area contributed by atoms with Crippen molar-refractivity contribution in [1.29, 1.82) is 0 Å². The van der Waals surface area contributed by atoms with Crippen molar-refractivity contribution in [3.8, 4) is 5.75 Å². The summed E-state index contributed by atoms with van der Waals surface area (Å²) in [6, 6.07) is 3.36. The summed E-state index contributed by atoms with van der Waals surface area (Å²) in [5.41, 5.74) is -0.592. The monoisotopic (exact) mass is 320 g/mol. The molecule has 0 saturated carbocycles. The summed E-state index contributed by atoms with van der Waals surface area (Å²) >= 11 is 0. The minimum Gasteiger partial charge on any atom is -0.493 e. The summed E-state index contributed by atoms with van der Waals surface area (Å²) in [7, 11) is -3.40. The summed E-state index contributed by atoms with van der Waals surface area (Å²) in [6.45, 7) is 0.326. The maximum Gasteiger partial charge on any atom is 0.305 e. The van der Waals surface area contributed by atoms with Crippen LogP contribution >= 0.6 is 0 Å². The van der Waals surface area contributed by atoms with E-state index in [1.165, 1.54) is 6.07 Å². The van der Waals surface area contributed by atoms with Gasteiger partial charge in [-0.3, -0.25) is 10.1 Å². The standard InChI is InChI=1S/C12H17FN2O5S/c13-11-9-10(5-6-12(11)15(16)17)20-7-3-1-2-4-8-21(14,18)19/h5-6,9H,1-4,7-8H2,(H2,14,18,19). The number of nitro benzene ring substituents is 1. The van der Waals surface area contributed by atoms with Gasteiger partial charge in [-0.05, 0) is 18.9 Å². The van der Waals surface area contributed by atoms with Gasteiger partial charge >= 0.3 is 5.69 Å². The van der Waals surface area contributed by atoms with E-state index in [-0.39, 0.29) is 11.5 Å². The molecule has 0 heterocycles. The number of halogens is 1. The van der Waals surface area contributed by atoms with Crippen molar-refractivity contribution in [1.82, 2.24) is 0 Å². The Hall–Kier alpha value is -1.74. The summed E-state index contributed by atoms with van der Waals surface area (Å²) in [5, 5.41) is 15.3. The number of sulfonamides is 1. The van der Waals surface area contributed by atoms with Gasteiger partial charge in [0.05, 0.1) is 17.3 Å². The van der Waals surface area contributed by atoms with Crippen LogP contribution in [0.25, 0.3) is 0 Å². The smallest absolute Gasteiger partial charge is 0.305 e. The molecule has 118 valence electrons. The minimum atomic E-state index is -3.40. The molecule has 0 aliphatic heterocycles. The molecule has 1 rings (SSSR count). The van der Waals surface area contributed by atoms with Gasteiger partial charge in [-0.15, -0.1) is 0 Å². The highest BCUT2D eigenvalue weighted by Crippen LogP contribution is 2.22. The van der Waals surface area contributed by atoms with E-state index in [1.54, 1.807) is 0 Å². The third-order valence-corrected chi connectivity index (χ3v) is 3.57. The lowest BCUT2D eigenvalue weighted by Crippen LogP contribution is -2.16. The molecule has 21 heavy (non-hydrogen) atoms. The van der Waals surface area contributed by atoms with Crippen molar-refractivity contribution in [3.63, 3.8) is 0 Å².